The normalized spacial score (nSPS) is 30.1. The first-order valence-corrected chi connectivity index (χ1v) is 13.4. The van der Waals surface area contributed by atoms with Gasteiger partial charge < -0.3 is 9.52 Å². The Kier molecular flexibility index (Phi) is 5.96. The zero-order valence-corrected chi connectivity index (χ0v) is 20.8. The molecule has 3 aromatic rings. The molecule has 1 aliphatic carbocycles. The van der Waals surface area contributed by atoms with Gasteiger partial charge in [0.1, 0.15) is 22.6 Å². The average molecular weight is 519 g/mol. The van der Waals surface area contributed by atoms with E-state index in [2.05, 4.69) is 4.98 Å². The third-order valence-electron chi connectivity index (χ3n) is 7.53. The van der Waals surface area contributed by atoms with E-state index >= 15 is 8.78 Å². The number of aromatic nitrogens is 1. The summed E-state index contributed by atoms with van der Waals surface area (Å²) < 4.78 is 64.4. The Morgan fingerprint density at radius 1 is 1.14 bits per heavy atom. The molecule has 192 valence electrons. The first-order valence-electron chi connectivity index (χ1n) is 11.9. The fourth-order valence-corrected chi connectivity index (χ4v) is 8.05. The Morgan fingerprint density at radius 2 is 1.83 bits per heavy atom. The van der Waals surface area contributed by atoms with Gasteiger partial charge in [0.2, 0.25) is 10.0 Å². The van der Waals surface area contributed by atoms with Gasteiger partial charge in [-0.15, -0.1) is 0 Å². The van der Waals surface area contributed by atoms with Crippen molar-refractivity contribution < 1.29 is 26.7 Å². The maximum Gasteiger partial charge on any atom is 0.416 e. The molecule has 2 heterocycles. The summed E-state index contributed by atoms with van der Waals surface area (Å²) in [7, 11) is -3.82. The number of nitrogens with zero attached hydrogens (tertiary/aromatic N) is 1. The minimum atomic E-state index is -3.82. The SMILES string of the molecule is C[C@H]1CC[C@H](c2ccccc2)S(=O)(=O)N1Cc1cc(F)c([C@]2(c3c[nH]c(=O)o3)C[C@](C)(O)C2)cc1F. The van der Waals surface area contributed by atoms with E-state index in [1.54, 1.807) is 38.1 Å². The van der Waals surface area contributed by atoms with E-state index in [1.165, 1.54) is 10.5 Å². The van der Waals surface area contributed by atoms with Crippen LogP contribution in [0.2, 0.25) is 0 Å². The summed E-state index contributed by atoms with van der Waals surface area (Å²) in [6.07, 6.45) is 2.41. The molecule has 36 heavy (non-hydrogen) atoms. The van der Waals surface area contributed by atoms with Gasteiger partial charge in [0.15, 0.2) is 0 Å². The van der Waals surface area contributed by atoms with Crippen LogP contribution in [0.25, 0.3) is 0 Å². The molecular weight excluding hydrogens is 490 g/mol. The van der Waals surface area contributed by atoms with E-state index in [0.29, 0.717) is 18.4 Å². The molecule has 5 rings (SSSR count). The second kappa shape index (κ2) is 8.64. The van der Waals surface area contributed by atoms with Crippen LogP contribution in [0.5, 0.6) is 0 Å². The molecule has 0 bridgehead atoms. The molecule has 1 aliphatic heterocycles. The lowest BCUT2D eigenvalue weighted by Gasteiger charge is -2.50. The molecule has 1 aromatic heterocycles. The quantitative estimate of drug-likeness (QED) is 0.529. The number of halogens is 2. The van der Waals surface area contributed by atoms with E-state index in [0.717, 1.165) is 12.1 Å². The number of nitrogens with one attached hydrogen (secondary N) is 1. The number of aromatic amines is 1. The van der Waals surface area contributed by atoms with Gasteiger partial charge >= 0.3 is 5.76 Å². The first kappa shape index (κ1) is 24.9. The summed E-state index contributed by atoms with van der Waals surface area (Å²) >= 11 is 0. The van der Waals surface area contributed by atoms with Crippen molar-refractivity contribution in [1.29, 1.82) is 0 Å². The second-order valence-electron chi connectivity index (χ2n) is 10.3. The summed E-state index contributed by atoms with van der Waals surface area (Å²) in [5, 5.41) is 9.64. The maximum absolute atomic E-state index is 15.5. The molecule has 2 aromatic carbocycles. The summed E-state index contributed by atoms with van der Waals surface area (Å²) in [5.41, 5.74) is -1.81. The number of hydrogen-bond donors (Lipinski definition) is 2. The van der Waals surface area contributed by atoms with E-state index in [1.807, 2.05) is 6.07 Å². The fourth-order valence-electron chi connectivity index (χ4n) is 5.86. The minimum Gasteiger partial charge on any atom is -0.412 e. The average Bonchev–Trinajstić information content (AvgIpc) is 3.23. The van der Waals surface area contributed by atoms with E-state index in [4.69, 9.17) is 4.42 Å². The molecule has 1 saturated heterocycles. The third-order valence-corrected chi connectivity index (χ3v) is 9.90. The van der Waals surface area contributed by atoms with E-state index in [9.17, 15) is 18.3 Å². The van der Waals surface area contributed by atoms with Gasteiger partial charge in [0.05, 0.1) is 11.0 Å². The van der Waals surface area contributed by atoms with Gasteiger partial charge in [-0.2, -0.15) is 4.31 Å². The van der Waals surface area contributed by atoms with Crippen LogP contribution in [0.4, 0.5) is 8.78 Å². The van der Waals surface area contributed by atoms with Crippen LogP contribution in [0.15, 0.2) is 57.9 Å². The molecule has 2 N–H and O–H groups in total. The predicted octanol–water partition coefficient (Wildman–Crippen LogP) is 4.13. The minimum absolute atomic E-state index is 0.0345. The van der Waals surface area contributed by atoms with Crippen molar-refractivity contribution in [3.8, 4) is 0 Å². The lowest BCUT2D eigenvalue weighted by molar-refractivity contribution is -0.0687. The van der Waals surface area contributed by atoms with Crippen LogP contribution in [-0.2, 0) is 22.0 Å². The number of aliphatic hydroxyl groups is 1. The van der Waals surface area contributed by atoms with Crippen molar-refractivity contribution >= 4 is 10.0 Å². The van der Waals surface area contributed by atoms with Gasteiger partial charge in [-0.25, -0.2) is 22.0 Å². The molecule has 7 nitrogen and oxygen atoms in total. The summed E-state index contributed by atoms with van der Waals surface area (Å²) in [6.45, 7) is 3.03. The van der Waals surface area contributed by atoms with Gasteiger partial charge in [-0.1, -0.05) is 30.3 Å². The number of benzene rings is 2. The Bertz CT molecular complexity index is 1440. The highest BCUT2D eigenvalue weighted by Gasteiger charge is 2.56. The number of hydrogen-bond acceptors (Lipinski definition) is 5. The Labute approximate surface area is 207 Å². The van der Waals surface area contributed by atoms with Crippen LogP contribution in [-0.4, -0.2) is 34.5 Å². The van der Waals surface area contributed by atoms with Crippen LogP contribution in [0, 0.1) is 11.6 Å². The zero-order valence-electron chi connectivity index (χ0n) is 20.0. The smallest absolute Gasteiger partial charge is 0.412 e. The van der Waals surface area contributed by atoms with Crippen molar-refractivity contribution in [3.63, 3.8) is 0 Å². The largest absolute Gasteiger partial charge is 0.416 e. The monoisotopic (exact) mass is 518 g/mol. The highest BCUT2D eigenvalue weighted by Crippen LogP contribution is 2.55. The maximum atomic E-state index is 15.5. The standard InChI is InChI=1S/C26H28F2N2O5S/c1-16-8-9-22(17-6-4-3-5-7-17)36(33,34)30(16)13-18-10-21(28)19(11-20(18)27)26(14-25(2,32)15-26)23-12-29-24(31)35-23/h3-7,10-12,16,22,32H,8-9,13-15H2,1-2H3,(H,29,31)/t16-,22+,25-,26-/m0/s1. The number of sulfonamides is 1. The molecule has 0 radical (unpaired) electrons. The van der Waals surface area contributed by atoms with Gasteiger partial charge in [0.25, 0.3) is 0 Å². The first-order chi connectivity index (χ1) is 16.9. The van der Waals surface area contributed by atoms with Crippen molar-refractivity contribution in [3.05, 3.63) is 93.3 Å². The highest BCUT2D eigenvalue weighted by molar-refractivity contribution is 7.89. The van der Waals surface area contributed by atoms with Crippen molar-refractivity contribution in [1.82, 2.24) is 9.29 Å². The Hall–Kier alpha value is -2.82. The summed E-state index contributed by atoms with van der Waals surface area (Å²) in [6, 6.07) is 10.6. The second-order valence-corrected chi connectivity index (χ2v) is 12.4. The number of H-pyrrole nitrogens is 1. The molecule has 0 unspecified atom stereocenters. The van der Waals surface area contributed by atoms with Gasteiger partial charge in [0, 0.05) is 29.9 Å². The van der Waals surface area contributed by atoms with E-state index in [-0.39, 0.29) is 42.3 Å². The van der Waals surface area contributed by atoms with Crippen LogP contribution in [0.1, 0.15) is 67.2 Å². The van der Waals surface area contributed by atoms with Crippen LogP contribution >= 0.6 is 0 Å². The van der Waals surface area contributed by atoms with Gasteiger partial charge in [-0.3, -0.25) is 4.98 Å². The molecule has 1 saturated carbocycles. The third kappa shape index (κ3) is 4.10. The molecule has 0 amide bonds. The summed E-state index contributed by atoms with van der Waals surface area (Å²) in [4.78, 5) is 14.0. The molecular formula is C26H28F2N2O5S. The Balaban J connectivity index is 1.49. The molecule has 2 fully saturated rings. The van der Waals surface area contributed by atoms with Crippen molar-refractivity contribution in [2.75, 3.05) is 0 Å². The highest BCUT2D eigenvalue weighted by atomic mass is 32.2. The Morgan fingerprint density at radius 3 is 2.44 bits per heavy atom. The van der Waals surface area contributed by atoms with Gasteiger partial charge in [-0.05, 0) is 57.2 Å². The zero-order chi connectivity index (χ0) is 25.9. The lowest BCUT2D eigenvalue weighted by Crippen LogP contribution is -2.53. The number of oxazole rings is 1. The molecule has 10 heteroatoms. The topological polar surface area (TPSA) is 104 Å². The summed E-state index contributed by atoms with van der Waals surface area (Å²) in [5.74, 6) is -2.14. The van der Waals surface area contributed by atoms with Crippen molar-refractivity contribution in [2.45, 2.75) is 68.4 Å². The van der Waals surface area contributed by atoms with Crippen LogP contribution in [0.3, 0.4) is 0 Å². The molecule has 2 atom stereocenters. The predicted molar refractivity (Wildman–Crippen MR) is 129 cm³/mol. The van der Waals surface area contributed by atoms with Crippen molar-refractivity contribution in [2.24, 2.45) is 0 Å². The molecule has 0 spiro atoms. The molecule has 2 aliphatic rings. The lowest BCUT2D eigenvalue weighted by atomic mass is 9.55. The van der Waals surface area contributed by atoms with Crippen LogP contribution < -0.4 is 5.76 Å². The number of rotatable bonds is 5. The van der Waals surface area contributed by atoms with E-state index < -0.39 is 43.7 Å². The fraction of sp³-hybridized carbons (Fsp3) is 0.423.